The molecule has 0 aromatic heterocycles. The van der Waals surface area contributed by atoms with E-state index in [0.29, 0.717) is 12.0 Å². The minimum atomic E-state index is 0.362. The van der Waals surface area contributed by atoms with Gasteiger partial charge in [0.05, 0.1) is 0 Å². The van der Waals surface area contributed by atoms with E-state index in [1.54, 1.807) is 0 Å². The van der Waals surface area contributed by atoms with Crippen LogP contribution in [0.15, 0.2) is 0 Å². The van der Waals surface area contributed by atoms with E-state index in [0.717, 1.165) is 18.9 Å². The molecule has 1 aliphatic heterocycles. The van der Waals surface area contributed by atoms with Crippen molar-refractivity contribution in [2.24, 2.45) is 11.3 Å². The van der Waals surface area contributed by atoms with Gasteiger partial charge < -0.3 is 15.3 Å². The van der Waals surface area contributed by atoms with E-state index in [4.69, 9.17) is 5.11 Å². The molecule has 0 aromatic carbocycles. The van der Waals surface area contributed by atoms with Crippen LogP contribution >= 0.6 is 0 Å². The SMILES string of the molecule is CCNCC1(CN2CCC(CCO)C2)CCCCC1. The molecule has 0 spiro atoms. The van der Waals surface area contributed by atoms with Crippen LogP contribution in [0.3, 0.4) is 0 Å². The van der Waals surface area contributed by atoms with Crippen molar-refractivity contribution >= 4 is 0 Å². The highest BCUT2D eigenvalue weighted by molar-refractivity contribution is 4.90. The average molecular weight is 268 g/mol. The fourth-order valence-corrected chi connectivity index (χ4v) is 4.03. The van der Waals surface area contributed by atoms with Gasteiger partial charge >= 0.3 is 0 Å². The maximum Gasteiger partial charge on any atom is 0.0434 e. The highest BCUT2D eigenvalue weighted by Crippen LogP contribution is 2.37. The quantitative estimate of drug-likeness (QED) is 0.743. The number of likely N-dealkylation sites (tertiary alicyclic amines) is 1. The lowest BCUT2D eigenvalue weighted by Gasteiger charge is -2.40. The zero-order valence-corrected chi connectivity index (χ0v) is 12.7. The fraction of sp³-hybridized carbons (Fsp3) is 1.00. The van der Waals surface area contributed by atoms with E-state index in [-0.39, 0.29) is 0 Å². The third-order valence-electron chi connectivity index (χ3n) is 5.13. The average Bonchev–Trinajstić information content (AvgIpc) is 2.85. The Hall–Kier alpha value is -0.120. The number of rotatable bonds is 7. The van der Waals surface area contributed by atoms with Crippen LogP contribution in [0, 0.1) is 11.3 Å². The lowest BCUT2D eigenvalue weighted by atomic mass is 9.73. The molecule has 1 atom stereocenters. The first-order valence-corrected chi connectivity index (χ1v) is 8.32. The third-order valence-corrected chi connectivity index (χ3v) is 5.13. The first-order valence-electron chi connectivity index (χ1n) is 8.32. The zero-order chi connectivity index (χ0) is 13.6. The Kier molecular flexibility index (Phi) is 6.11. The number of nitrogens with zero attached hydrogens (tertiary/aromatic N) is 1. The second-order valence-electron chi connectivity index (χ2n) is 6.74. The minimum absolute atomic E-state index is 0.362. The van der Waals surface area contributed by atoms with Crippen LogP contribution in [0.25, 0.3) is 0 Å². The highest BCUT2D eigenvalue weighted by atomic mass is 16.3. The van der Waals surface area contributed by atoms with Gasteiger partial charge in [-0.25, -0.2) is 0 Å². The summed E-state index contributed by atoms with van der Waals surface area (Å²) in [5.74, 6) is 0.741. The fourth-order valence-electron chi connectivity index (χ4n) is 4.03. The molecule has 2 aliphatic rings. The largest absolute Gasteiger partial charge is 0.396 e. The molecule has 3 nitrogen and oxygen atoms in total. The predicted octanol–water partition coefficient (Wildman–Crippen LogP) is 2.25. The summed E-state index contributed by atoms with van der Waals surface area (Å²) in [5.41, 5.74) is 0.530. The molecule has 112 valence electrons. The van der Waals surface area contributed by atoms with Gasteiger partial charge in [-0.05, 0) is 50.1 Å². The molecule has 1 aliphatic carbocycles. The molecule has 0 aromatic rings. The zero-order valence-electron chi connectivity index (χ0n) is 12.7. The van der Waals surface area contributed by atoms with E-state index < -0.39 is 0 Å². The lowest BCUT2D eigenvalue weighted by Crippen LogP contribution is -2.44. The molecule has 0 radical (unpaired) electrons. The van der Waals surface area contributed by atoms with Crippen molar-refractivity contribution in [2.75, 3.05) is 39.3 Å². The molecule has 2 fully saturated rings. The van der Waals surface area contributed by atoms with Crippen molar-refractivity contribution in [1.29, 1.82) is 0 Å². The summed E-state index contributed by atoms with van der Waals surface area (Å²) >= 11 is 0. The van der Waals surface area contributed by atoms with Gasteiger partial charge in [0.25, 0.3) is 0 Å². The topological polar surface area (TPSA) is 35.5 Å². The highest BCUT2D eigenvalue weighted by Gasteiger charge is 2.35. The van der Waals surface area contributed by atoms with Crippen LogP contribution in [-0.2, 0) is 0 Å². The number of hydrogen-bond acceptors (Lipinski definition) is 3. The van der Waals surface area contributed by atoms with Gasteiger partial charge in [0.15, 0.2) is 0 Å². The molecule has 0 amide bonds. The van der Waals surface area contributed by atoms with Crippen LogP contribution in [0.5, 0.6) is 0 Å². The normalized spacial score (nSPS) is 27.8. The van der Waals surface area contributed by atoms with Gasteiger partial charge in [-0.1, -0.05) is 26.2 Å². The van der Waals surface area contributed by atoms with E-state index in [9.17, 15) is 0 Å². The predicted molar refractivity (Wildman–Crippen MR) is 80.3 cm³/mol. The summed E-state index contributed by atoms with van der Waals surface area (Å²) in [4.78, 5) is 2.67. The first kappa shape index (κ1) is 15.3. The van der Waals surface area contributed by atoms with E-state index in [1.807, 2.05) is 0 Å². The molecular weight excluding hydrogens is 236 g/mol. The Morgan fingerprint density at radius 3 is 2.74 bits per heavy atom. The Balaban J connectivity index is 1.85. The van der Waals surface area contributed by atoms with Crippen molar-refractivity contribution in [3.8, 4) is 0 Å². The Labute approximate surface area is 118 Å². The smallest absolute Gasteiger partial charge is 0.0434 e. The molecule has 19 heavy (non-hydrogen) atoms. The lowest BCUT2D eigenvalue weighted by molar-refractivity contribution is 0.114. The molecule has 1 heterocycles. The van der Waals surface area contributed by atoms with Gasteiger partial charge in [0.1, 0.15) is 0 Å². The molecule has 2 N–H and O–H groups in total. The van der Waals surface area contributed by atoms with Crippen molar-refractivity contribution in [3.05, 3.63) is 0 Å². The molecular formula is C16H32N2O. The van der Waals surface area contributed by atoms with Crippen LogP contribution in [0.2, 0.25) is 0 Å². The maximum atomic E-state index is 9.07. The second-order valence-corrected chi connectivity index (χ2v) is 6.74. The van der Waals surface area contributed by atoms with E-state index in [2.05, 4.69) is 17.1 Å². The van der Waals surface area contributed by atoms with Crippen molar-refractivity contribution < 1.29 is 5.11 Å². The monoisotopic (exact) mass is 268 g/mol. The summed E-state index contributed by atoms with van der Waals surface area (Å²) in [6.07, 6.45) is 9.36. The van der Waals surface area contributed by atoms with Gasteiger partial charge in [0.2, 0.25) is 0 Å². The molecule has 1 saturated heterocycles. The molecule has 1 saturated carbocycles. The summed E-state index contributed by atoms with van der Waals surface area (Å²) in [7, 11) is 0. The third kappa shape index (κ3) is 4.44. The van der Waals surface area contributed by atoms with Gasteiger partial charge in [-0.3, -0.25) is 0 Å². The first-order chi connectivity index (χ1) is 9.28. The van der Waals surface area contributed by atoms with Gasteiger partial charge in [0, 0.05) is 26.2 Å². The number of aliphatic hydroxyl groups excluding tert-OH is 1. The summed E-state index contributed by atoms with van der Waals surface area (Å²) in [6.45, 7) is 8.61. The molecule has 1 unspecified atom stereocenters. The van der Waals surface area contributed by atoms with Crippen LogP contribution < -0.4 is 5.32 Å². The van der Waals surface area contributed by atoms with Crippen LogP contribution in [0.4, 0.5) is 0 Å². The van der Waals surface area contributed by atoms with Crippen molar-refractivity contribution in [1.82, 2.24) is 10.2 Å². The summed E-state index contributed by atoms with van der Waals surface area (Å²) < 4.78 is 0. The van der Waals surface area contributed by atoms with E-state index >= 15 is 0 Å². The van der Waals surface area contributed by atoms with Gasteiger partial charge in [-0.2, -0.15) is 0 Å². The van der Waals surface area contributed by atoms with Crippen molar-refractivity contribution in [3.63, 3.8) is 0 Å². The Morgan fingerprint density at radius 2 is 2.05 bits per heavy atom. The number of aliphatic hydroxyl groups is 1. The second kappa shape index (κ2) is 7.61. The van der Waals surface area contributed by atoms with Gasteiger partial charge in [-0.15, -0.1) is 0 Å². The maximum absolute atomic E-state index is 9.07. The minimum Gasteiger partial charge on any atom is -0.396 e. The summed E-state index contributed by atoms with van der Waals surface area (Å²) in [6, 6.07) is 0. The van der Waals surface area contributed by atoms with Crippen LogP contribution in [-0.4, -0.2) is 49.3 Å². The Bertz CT molecular complexity index is 251. The Morgan fingerprint density at radius 1 is 1.26 bits per heavy atom. The van der Waals surface area contributed by atoms with E-state index in [1.165, 1.54) is 64.7 Å². The van der Waals surface area contributed by atoms with Crippen LogP contribution in [0.1, 0.15) is 51.9 Å². The molecule has 2 rings (SSSR count). The molecule has 3 heteroatoms. The standard InChI is InChI=1S/C16H32N2O/c1-2-17-13-16(8-4-3-5-9-16)14-18-10-6-15(12-18)7-11-19/h15,17,19H,2-14H2,1H3. The molecule has 0 bridgehead atoms. The number of hydrogen-bond donors (Lipinski definition) is 2. The number of nitrogens with one attached hydrogen (secondary N) is 1. The summed E-state index contributed by atoms with van der Waals surface area (Å²) in [5, 5.41) is 12.7. The van der Waals surface area contributed by atoms with Crippen molar-refractivity contribution in [2.45, 2.75) is 51.9 Å².